The number of rotatable bonds is 4. The number of benzene rings is 1. The zero-order chi connectivity index (χ0) is 15.0. The van der Waals surface area contributed by atoms with Crippen molar-refractivity contribution in [3.05, 3.63) is 45.6 Å². The molecule has 3 aromatic rings. The van der Waals surface area contributed by atoms with Gasteiger partial charge in [0.1, 0.15) is 11.4 Å². The molecule has 6 heteroatoms. The van der Waals surface area contributed by atoms with Gasteiger partial charge in [-0.1, -0.05) is 11.6 Å². The highest BCUT2D eigenvalue weighted by atomic mass is 35.5. The van der Waals surface area contributed by atoms with Gasteiger partial charge in [0.05, 0.1) is 0 Å². The summed E-state index contributed by atoms with van der Waals surface area (Å²) in [5.41, 5.74) is 3.02. The van der Waals surface area contributed by atoms with Crippen molar-refractivity contribution >= 4 is 27.9 Å². The minimum atomic E-state index is 0.636. The predicted molar refractivity (Wildman–Crippen MR) is 86.8 cm³/mol. The van der Waals surface area contributed by atoms with Crippen molar-refractivity contribution in [1.29, 1.82) is 0 Å². The van der Waals surface area contributed by atoms with Gasteiger partial charge < -0.3 is 10.1 Å². The van der Waals surface area contributed by atoms with Gasteiger partial charge in [0.25, 0.3) is 0 Å². The molecule has 0 fully saturated rings. The molecule has 2 heterocycles. The lowest BCUT2D eigenvalue weighted by atomic mass is 10.1. The van der Waals surface area contributed by atoms with Gasteiger partial charge in [0.15, 0.2) is 4.96 Å². The standard InChI is InChI=1S/C15H16ClN3OS/c1-9-6-11(7-10(2)13(9)16)20-14-12(8-17-3)19-4-5-21-15(19)18-14/h4-7,17H,8H2,1-3H3. The number of aryl methyl sites for hydroxylation is 2. The summed E-state index contributed by atoms with van der Waals surface area (Å²) < 4.78 is 8.05. The van der Waals surface area contributed by atoms with Crippen LogP contribution in [-0.4, -0.2) is 16.4 Å². The van der Waals surface area contributed by atoms with Crippen molar-refractivity contribution in [2.75, 3.05) is 7.05 Å². The van der Waals surface area contributed by atoms with E-state index in [0.29, 0.717) is 12.4 Å². The van der Waals surface area contributed by atoms with Crippen molar-refractivity contribution < 1.29 is 4.74 Å². The van der Waals surface area contributed by atoms with Gasteiger partial charge in [-0.15, -0.1) is 11.3 Å². The number of hydrogen-bond acceptors (Lipinski definition) is 4. The summed E-state index contributed by atoms with van der Waals surface area (Å²) in [5.74, 6) is 1.40. The highest BCUT2D eigenvalue weighted by Gasteiger charge is 2.15. The Labute approximate surface area is 132 Å². The molecule has 0 amide bonds. The van der Waals surface area contributed by atoms with E-state index >= 15 is 0 Å². The Morgan fingerprint density at radius 3 is 2.71 bits per heavy atom. The third kappa shape index (κ3) is 2.64. The van der Waals surface area contributed by atoms with Crippen LogP contribution in [0.2, 0.25) is 5.02 Å². The van der Waals surface area contributed by atoms with E-state index in [1.165, 1.54) is 0 Å². The molecule has 1 N–H and O–H groups in total. The minimum Gasteiger partial charge on any atom is -0.437 e. The van der Waals surface area contributed by atoms with Crippen LogP contribution in [0.4, 0.5) is 0 Å². The fourth-order valence-corrected chi connectivity index (χ4v) is 3.13. The molecule has 0 radical (unpaired) electrons. The van der Waals surface area contributed by atoms with Crippen LogP contribution in [0, 0.1) is 13.8 Å². The normalized spacial score (nSPS) is 11.2. The van der Waals surface area contributed by atoms with Crippen molar-refractivity contribution in [2.45, 2.75) is 20.4 Å². The predicted octanol–water partition coefficient (Wildman–Crippen LogP) is 4.18. The molecule has 2 aromatic heterocycles. The van der Waals surface area contributed by atoms with Gasteiger partial charge in [-0.3, -0.25) is 4.40 Å². The summed E-state index contributed by atoms with van der Waals surface area (Å²) in [6.07, 6.45) is 2.00. The molecule has 4 nitrogen and oxygen atoms in total. The molecule has 3 rings (SSSR count). The van der Waals surface area contributed by atoms with Crippen LogP contribution in [0.5, 0.6) is 11.6 Å². The van der Waals surface area contributed by atoms with E-state index in [4.69, 9.17) is 16.3 Å². The first-order valence-electron chi connectivity index (χ1n) is 6.63. The van der Waals surface area contributed by atoms with Gasteiger partial charge in [-0.25, -0.2) is 0 Å². The Kier molecular flexibility index (Phi) is 3.89. The van der Waals surface area contributed by atoms with Crippen LogP contribution in [0.3, 0.4) is 0 Å². The van der Waals surface area contributed by atoms with E-state index in [1.54, 1.807) is 11.3 Å². The zero-order valence-electron chi connectivity index (χ0n) is 12.1. The van der Waals surface area contributed by atoms with Crippen LogP contribution in [0.15, 0.2) is 23.7 Å². The minimum absolute atomic E-state index is 0.636. The van der Waals surface area contributed by atoms with E-state index in [2.05, 4.69) is 10.3 Å². The first-order valence-corrected chi connectivity index (χ1v) is 7.89. The second-order valence-electron chi connectivity index (χ2n) is 4.92. The lowest BCUT2D eigenvalue weighted by molar-refractivity contribution is 0.456. The summed E-state index contributed by atoms with van der Waals surface area (Å²) in [5, 5.41) is 5.95. The molecular formula is C15H16ClN3OS. The van der Waals surface area contributed by atoms with Gasteiger partial charge in [-0.2, -0.15) is 4.98 Å². The van der Waals surface area contributed by atoms with Crippen LogP contribution in [0.1, 0.15) is 16.8 Å². The Morgan fingerprint density at radius 1 is 1.33 bits per heavy atom. The van der Waals surface area contributed by atoms with Gasteiger partial charge in [0, 0.05) is 23.1 Å². The average Bonchev–Trinajstić information content (AvgIpc) is 3.00. The van der Waals surface area contributed by atoms with E-state index in [9.17, 15) is 0 Å². The second-order valence-corrected chi connectivity index (χ2v) is 6.17. The highest BCUT2D eigenvalue weighted by Crippen LogP contribution is 2.31. The van der Waals surface area contributed by atoms with Crippen molar-refractivity contribution in [3.8, 4) is 11.6 Å². The third-order valence-corrected chi connectivity index (χ3v) is 4.65. The molecule has 110 valence electrons. The van der Waals surface area contributed by atoms with Crippen LogP contribution in [0.25, 0.3) is 4.96 Å². The molecule has 0 bridgehead atoms. The summed E-state index contributed by atoms with van der Waals surface area (Å²) in [7, 11) is 1.91. The maximum atomic E-state index is 6.20. The smallest absolute Gasteiger partial charge is 0.243 e. The number of ether oxygens (including phenoxy) is 1. The summed E-state index contributed by atoms with van der Waals surface area (Å²) in [6.45, 7) is 4.64. The quantitative estimate of drug-likeness (QED) is 0.783. The van der Waals surface area contributed by atoms with E-state index < -0.39 is 0 Å². The van der Waals surface area contributed by atoms with Gasteiger partial charge in [-0.05, 0) is 44.2 Å². The topological polar surface area (TPSA) is 38.6 Å². The molecule has 0 unspecified atom stereocenters. The summed E-state index contributed by atoms with van der Waals surface area (Å²) >= 11 is 7.79. The van der Waals surface area contributed by atoms with Crippen molar-refractivity contribution in [3.63, 3.8) is 0 Å². The maximum Gasteiger partial charge on any atom is 0.243 e. The Hall–Kier alpha value is -1.56. The molecule has 0 aliphatic heterocycles. The van der Waals surface area contributed by atoms with Crippen molar-refractivity contribution in [2.24, 2.45) is 0 Å². The molecule has 0 aliphatic rings. The largest absolute Gasteiger partial charge is 0.437 e. The molecule has 0 saturated heterocycles. The Balaban J connectivity index is 2.01. The number of imidazole rings is 1. The van der Waals surface area contributed by atoms with Crippen LogP contribution < -0.4 is 10.1 Å². The molecule has 0 atom stereocenters. The highest BCUT2D eigenvalue weighted by molar-refractivity contribution is 7.15. The number of nitrogens with one attached hydrogen (secondary N) is 1. The number of hydrogen-bond donors (Lipinski definition) is 1. The fourth-order valence-electron chi connectivity index (χ4n) is 2.30. The first-order chi connectivity index (χ1) is 10.1. The summed E-state index contributed by atoms with van der Waals surface area (Å²) in [6, 6.07) is 3.87. The fraction of sp³-hybridized carbons (Fsp3) is 0.267. The first kappa shape index (κ1) is 14.4. The van der Waals surface area contributed by atoms with Gasteiger partial charge in [0.2, 0.25) is 5.88 Å². The van der Waals surface area contributed by atoms with Gasteiger partial charge >= 0.3 is 0 Å². The third-order valence-electron chi connectivity index (χ3n) is 3.29. The lowest BCUT2D eigenvalue weighted by Crippen LogP contribution is -2.08. The zero-order valence-corrected chi connectivity index (χ0v) is 13.7. The molecule has 21 heavy (non-hydrogen) atoms. The van der Waals surface area contributed by atoms with E-state index in [0.717, 1.165) is 32.6 Å². The molecule has 0 saturated carbocycles. The monoisotopic (exact) mass is 321 g/mol. The van der Waals surface area contributed by atoms with Crippen molar-refractivity contribution in [1.82, 2.24) is 14.7 Å². The molecule has 0 aliphatic carbocycles. The maximum absolute atomic E-state index is 6.20. The molecule has 0 spiro atoms. The lowest BCUT2D eigenvalue weighted by Gasteiger charge is -2.09. The number of aromatic nitrogens is 2. The SMILES string of the molecule is CNCc1c(Oc2cc(C)c(Cl)c(C)c2)nc2sccn12. The molecule has 1 aromatic carbocycles. The number of thiazole rings is 1. The number of halogens is 1. The second kappa shape index (κ2) is 5.67. The number of fused-ring (bicyclic) bond motifs is 1. The Morgan fingerprint density at radius 2 is 2.05 bits per heavy atom. The van der Waals surface area contributed by atoms with Crippen LogP contribution in [-0.2, 0) is 6.54 Å². The van der Waals surface area contributed by atoms with E-state index in [-0.39, 0.29) is 0 Å². The van der Waals surface area contributed by atoms with E-state index in [1.807, 2.05) is 49.0 Å². The number of nitrogens with zero attached hydrogens (tertiary/aromatic N) is 2. The van der Waals surface area contributed by atoms with Crippen LogP contribution >= 0.6 is 22.9 Å². The molecular weight excluding hydrogens is 306 g/mol. The Bertz CT molecular complexity index is 770. The average molecular weight is 322 g/mol. The summed E-state index contributed by atoms with van der Waals surface area (Å²) in [4.78, 5) is 5.48.